The van der Waals surface area contributed by atoms with Crippen LogP contribution in [0, 0.1) is 29.5 Å². The van der Waals surface area contributed by atoms with Gasteiger partial charge in [0.1, 0.15) is 28.8 Å². The van der Waals surface area contributed by atoms with Gasteiger partial charge in [-0.05, 0) is 86.5 Å². The molecule has 8 rings (SSSR count). The molecule has 0 saturated carbocycles. The molecule has 0 N–H and O–H groups in total. The van der Waals surface area contributed by atoms with Crippen molar-refractivity contribution in [2.24, 2.45) is 23.7 Å². The molecular weight excluding hydrogens is 1120 g/mol. The fraction of sp³-hybridized carbons (Fsp3) is 0.571. The van der Waals surface area contributed by atoms with E-state index in [4.69, 9.17) is 18.9 Å². The van der Waals surface area contributed by atoms with Gasteiger partial charge in [-0.2, -0.15) is 0 Å². The molecule has 6 heterocycles. The number of hydrogen-bond acceptors (Lipinski definition) is 10. The Kier molecular flexibility index (Phi) is 24.8. The maximum atomic E-state index is 18.0. The lowest BCUT2D eigenvalue weighted by atomic mass is 10.0. The summed E-state index contributed by atoms with van der Waals surface area (Å²) in [5.41, 5.74) is 0. The van der Waals surface area contributed by atoms with Crippen LogP contribution in [-0.4, -0.2) is 26.4 Å². The number of aryl methyl sites for hydroxylation is 1. The molecule has 81 heavy (non-hydrogen) atoms. The molecule has 0 aliphatic carbocycles. The number of thiophene rings is 6. The normalized spacial score (nSPS) is 13.6. The molecule has 6 aromatic heterocycles. The van der Waals surface area contributed by atoms with E-state index in [0.29, 0.717) is 50.1 Å². The molecule has 8 aromatic rings. The molecule has 442 valence electrons. The summed E-state index contributed by atoms with van der Waals surface area (Å²) in [6, 6.07) is 9.22. The number of benzene rings is 2. The first-order valence-electron chi connectivity index (χ1n) is 31.7. The molecule has 0 saturated heterocycles. The Morgan fingerprint density at radius 3 is 1.15 bits per heavy atom. The first kappa shape index (κ1) is 63.6. The molecule has 0 spiro atoms. The van der Waals surface area contributed by atoms with E-state index in [1.807, 2.05) is 12.2 Å². The third-order valence-corrected chi connectivity index (χ3v) is 24.4. The molecule has 0 fully saturated rings. The lowest BCUT2D eigenvalue weighted by molar-refractivity contribution is 0.235. The van der Waals surface area contributed by atoms with E-state index in [1.54, 1.807) is 68.0 Å². The second kappa shape index (κ2) is 31.6. The largest absolute Gasteiger partial charge is 0.491 e. The standard InChI is InChI=1S/C70H95FO4S6/c1-12-23-28-29-30-31-36-55-59(71)58-68(56-39-53-62(74-43-47(19-8)34-26-15-4)64-51(37-49(21-10)76-64)60(66(53)79-56)72-41-45(17-6)32-24-13-2)81-69(70(58)78-55)57-40-54-63(75-44-48(20-9)35-27-16-5)65-52(38-50(22-11)77-65)61(67(54)80-57)73-42-46(18-7)33-25-14-3/h21-22,37-40,45-48H,10-20,23-36,41-44H2,1-9H3. The fourth-order valence-electron chi connectivity index (χ4n) is 11.4. The molecule has 0 amide bonds. The Bertz CT molecular complexity index is 3120. The van der Waals surface area contributed by atoms with Gasteiger partial charge in [-0.25, -0.2) is 4.39 Å². The van der Waals surface area contributed by atoms with Crippen LogP contribution in [0.4, 0.5) is 4.39 Å². The number of rotatable bonds is 39. The maximum absolute atomic E-state index is 18.0. The van der Waals surface area contributed by atoms with Crippen LogP contribution in [0.25, 0.3) is 82.1 Å². The number of halogens is 1. The summed E-state index contributed by atoms with van der Waals surface area (Å²) in [4.78, 5) is 7.39. The van der Waals surface area contributed by atoms with Crippen LogP contribution >= 0.6 is 68.0 Å². The van der Waals surface area contributed by atoms with Crippen molar-refractivity contribution >= 4 is 131 Å². The molecule has 4 unspecified atom stereocenters. The van der Waals surface area contributed by atoms with Gasteiger partial charge in [-0.1, -0.05) is 197 Å². The predicted octanol–water partition coefficient (Wildman–Crippen LogP) is 25.9. The molecule has 0 bridgehead atoms. The highest BCUT2D eigenvalue weighted by Crippen LogP contribution is 2.59. The van der Waals surface area contributed by atoms with Crippen molar-refractivity contribution in [1.29, 1.82) is 0 Å². The first-order chi connectivity index (χ1) is 39.6. The molecule has 11 heteroatoms. The van der Waals surface area contributed by atoms with Gasteiger partial charge in [-0.15, -0.1) is 68.0 Å². The highest BCUT2D eigenvalue weighted by molar-refractivity contribution is 7.34. The van der Waals surface area contributed by atoms with Crippen molar-refractivity contribution in [2.75, 3.05) is 26.4 Å². The van der Waals surface area contributed by atoms with Crippen molar-refractivity contribution in [2.45, 2.75) is 210 Å². The highest BCUT2D eigenvalue weighted by Gasteiger charge is 2.31. The van der Waals surface area contributed by atoms with Gasteiger partial charge < -0.3 is 18.9 Å². The highest BCUT2D eigenvalue weighted by atomic mass is 32.1. The van der Waals surface area contributed by atoms with E-state index in [9.17, 15) is 0 Å². The zero-order valence-electron chi connectivity index (χ0n) is 50.7. The average molecular weight is 1210 g/mol. The number of ether oxygens (including phenoxy) is 4. The van der Waals surface area contributed by atoms with Crippen molar-refractivity contribution in [3.05, 3.63) is 57.9 Å². The van der Waals surface area contributed by atoms with Crippen molar-refractivity contribution in [3.8, 4) is 42.5 Å². The van der Waals surface area contributed by atoms with Gasteiger partial charge in [-0.3, -0.25) is 0 Å². The zero-order chi connectivity index (χ0) is 57.4. The Balaban J connectivity index is 1.35. The van der Waals surface area contributed by atoms with Crippen LogP contribution in [0.1, 0.15) is 218 Å². The van der Waals surface area contributed by atoms with Gasteiger partial charge in [0.2, 0.25) is 0 Å². The van der Waals surface area contributed by atoms with Gasteiger partial charge >= 0.3 is 0 Å². The molecule has 2 aromatic carbocycles. The Hall–Kier alpha value is -3.45. The lowest BCUT2D eigenvalue weighted by Gasteiger charge is -2.19. The summed E-state index contributed by atoms with van der Waals surface area (Å²) < 4.78 is 52.1. The van der Waals surface area contributed by atoms with Gasteiger partial charge in [0.25, 0.3) is 0 Å². The Morgan fingerprint density at radius 1 is 0.407 bits per heavy atom. The smallest absolute Gasteiger partial charge is 0.146 e. The Labute approximate surface area is 510 Å². The summed E-state index contributed by atoms with van der Waals surface area (Å²) in [5, 5.41) is 5.10. The van der Waals surface area contributed by atoms with E-state index in [1.165, 1.54) is 77.0 Å². The lowest BCUT2D eigenvalue weighted by Crippen LogP contribution is -2.12. The molecular formula is C70H95FO4S6. The van der Waals surface area contributed by atoms with Crippen LogP contribution in [0.15, 0.2) is 37.4 Å². The van der Waals surface area contributed by atoms with E-state index >= 15 is 4.39 Å². The van der Waals surface area contributed by atoms with Crippen LogP contribution < -0.4 is 18.9 Å². The van der Waals surface area contributed by atoms with E-state index in [0.717, 1.165) is 178 Å². The summed E-state index contributed by atoms with van der Waals surface area (Å²) in [5.74, 6) is 5.53. The van der Waals surface area contributed by atoms with Crippen LogP contribution in [0.3, 0.4) is 0 Å². The number of fused-ring (bicyclic) bond motifs is 5. The van der Waals surface area contributed by atoms with Gasteiger partial charge in [0.15, 0.2) is 0 Å². The van der Waals surface area contributed by atoms with Crippen molar-refractivity contribution in [1.82, 2.24) is 0 Å². The SMILES string of the molecule is C=Cc1cc2c(OCC(CC)CCCC)c3sc(-c4sc(-c5cc6c(OCC(CC)CCCC)c7sc(C=C)cc7c(OCC(CC)CCCC)c6s5)c5c(F)c(CCCCCCCC)sc45)cc3c(OCC(CC)CCCC)c2s1. The minimum Gasteiger partial charge on any atom is -0.491 e. The van der Waals surface area contributed by atoms with Gasteiger partial charge in [0, 0.05) is 51.3 Å². The second-order valence-electron chi connectivity index (χ2n) is 22.9. The van der Waals surface area contributed by atoms with Crippen molar-refractivity contribution in [3.63, 3.8) is 0 Å². The van der Waals surface area contributed by atoms with Gasteiger partial charge in [0.05, 0.1) is 59.7 Å². The molecule has 4 atom stereocenters. The molecule has 0 aliphatic rings. The molecule has 0 aliphatic heterocycles. The molecule has 4 nitrogen and oxygen atoms in total. The van der Waals surface area contributed by atoms with E-state index < -0.39 is 0 Å². The quantitative estimate of drug-likeness (QED) is 0.0360. The third kappa shape index (κ3) is 15.0. The van der Waals surface area contributed by atoms with Crippen LogP contribution in [0.5, 0.6) is 23.0 Å². The van der Waals surface area contributed by atoms with E-state index in [2.05, 4.69) is 99.7 Å². The van der Waals surface area contributed by atoms with Crippen LogP contribution in [0.2, 0.25) is 0 Å². The summed E-state index contributed by atoms with van der Waals surface area (Å²) in [7, 11) is 0. The monoisotopic (exact) mass is 1210 g/mol. The minimum atomic E-state index is -0.0477. The summed E-state index contributed by atoms with van der Waals surface area (Å²) in [6.07, 6.45) is 30.0. The maximum Gasteiger partial charge on any atom is 0.146 e. The van der Waals surface area contributed by atoms with Crippen molar-refractivity contribution < 1.29 is 23.3 Å². The minimum absolute atomic E-state index is 0.0477. The second-order valence-corrected chi connectivity index (χ2v) is 29.3. The number of unbranched alkanes of at least 4 members (excludes halogenated alkanes) is 9. The fourth-order valence-corrected chi connectivity index (χ4v) is 18.8. The van der Waals surface area contributed by atoms with Crippen LogP contribution in [-0.2, 0) is 6.42 Å². The predicted molar refractivity (Wildman–Crippen MR) is 365 cm³/mol. The number of hydrogen-bond donors (Lipinski definition) is 0. The summed E-state index contributed by atoms with van der Waals surface area (Å²) >= 11 is 10.5. The van der Waals surface area contributed by atoms with E-state index in [-0.39, 0.29) is 5.82 Å². The topological polar surface area (TPSA) is 36.9 Å². The average Bonchev–Trinajstić information content (AvgIpc) is 4.52. The first-order valence-corrected chi connectivity index (χ1v) is 36.6. The summed E-state index contributed by atoms with van der Waals surface area (Å²) in [6.45, 7) is 31.6. The zero-order valence-corrected chi connectivity index (χ0v) is 55.6. The molecule has 0 radical (unpaired) electrons. The Morgan fingerprint density at radius 2 is 0.765 bits per heavy atom. The third-order valence-electron chi connectivity index (χ3n) is 17.0.